The lowest BCUT2D eigenvalue weighted by molar-refractivity contribution is 0.358. The standard InChI is InChI=1S/C16H31NS/c1-17-16(14-9-5-2-3-6-10-14)13-18-15-11-7-4-8-12-15/h14-17H,2-13H2,1H3. The van der Waals surface area contributed by atoms with Gasteiger partial charge in [-0.05, 0) is 38.6 Å². The zero-order valence-corrected chi connectivity index (χ0v) is 12.9. The SMILES string of the molecule is CNC(CSC1CCCCC1)C1CCCCCC1. The molecule has 106 valence electrons. The van der Waals surface area contributed by atoms with Crippen molar-refractivity contribution in [1.29, 1.82) is 0 Å². The van der Waals surface area contributed by atoms with Crippen LogP contribution in [-0.2, 0) is 0 Å². The highest BCUT2D eigenvalue weighted by Crippen LogP contribution is 2.32. The Morgan fingerprint density at radius 3 is 2.06 bits per heavy atom. The van der Waals surface area contributed by atoms with Crippen molar-refractivity contribution < 1.29 is 0 Å². The molecule has 0 aliphatic heterocycles. The minimum Gasteiger partial charge on any atom is -0.316 e. The second-order valence-corrected chi connectivity index (χ2v) is 7.57. The molecule has 2 rings (SSSR count). The van der Waals surface area contributed by atoms with Crippen LogP contribution in [0, 0.1) is 5.92 Å². The number of nitrogens with one attached hydrogen (secondary N) is 1. The molecular formula is C16H31NS. The highest BCUT2D eigenvalue weighted by atomic mass is 32.2. The smallest absolute Gasteiger partial charge is 0.0183 e. The summed E-state index contributed by atoms with van der Waals surface area (Å²) in [5.41, 5.74) is 0. The summed E-state index contributed by atoms with van der Waals surface area (Å²) in [7, 11) is 2.18. The lowest BCUT2D eigenvalue weighted by atomic mass is 9.93. The Labute approximate surface area is 118 Å². The van der Waals surface area contributed by atoms with Gasteiger partial charge < -0.3 is 5.32 Å². The third-order valence-electron chi connectivity index (χ3n) is 4.90. The maximum atomic E-state index is 3.62. The van der Waals surface area contributed by atoms with Gasteiger partial charge in [0.25, 0.3) is 0 Å². The van der Waals surface area contributed by atoms with Crippen molar-refractivity contribution in [2.24, 2.45) is 5.92 Å². The van der Waals surface area contributed by atoms with Crippen molar-refractivity contribution >= 4 is 11.8 Å². The van der Waals surface area contributed by atoms with E-state index in [2.05, 4.69) is 24.1 Å². The second kappa shape index (κ2) is 8.47. The van der Waals surface area contributed by atoms with Crippen LogP contribution >= 0.6 is 11.8 Å². The van der Waals surface area contributed by atoms with Crippen LogP contribution in [0.25, 0.3) is 0 Å². The van der Waals surface area contributed by atoms with Gasteiger partial charge in [-0.15, -0.1) is 0 Å². The summed E-state index contributed by atoms with van der Waals surface area (Å²) in [6.07, 6.45) is 16.2. The molecule has 0 heterocycles. The van der Waals surface area contributed by atoms with Crippen LogP contribution in [0.1, 0.15) is 70.6 Å². The maximum absolute atomic E-state index is 3.62. The molecule has 2 aliphatic carbocycles. The summed E-state index contributed by atoms with van der Waals surface area (Å²) >= 11 is 2.27. The Kier molecular flexibility index (Phi) is 6.93. The summed E-state index contributed by atoms with van der Waals surface area (Å²) in [4.78, 5) is 0. The van der Waals surface area contributed by atoms with E-state index < -0.39 is 0 Å². The first-order valence-electron chi connectivity index (χ1n) is 8.19. The topological polar surface area (TPSA) is 12.0 Å². The normalized spacial score (nSPS) is 25.8. The summed E-state index contributed by atoms with van der Waals surface area (Å²) < 4.78 is 0. The van der Waals surface area contributed by atoms with Gasteiger partial charge in [0.1, 0.15) is 0 Å². The van der Waals surface area contributed by atoms with E-state index in [1.54, 1.807) is 0 Å². The van der Waals surface area contributed by atoms with Crippen LogP contribution in [0.2, 0.25) is 0 Å². The van der Waals surface area contributed by atoms with E-state index in [0.29, 0.717) is 0 Å². The van der Waals surface area contributed by atoms with Gasteiger partial charge in [-0.25, -0.2) is 0 Å². The van der Waals surface area contributed by atoms with E-state index in [-0.39, 0.29) is 0 Å². The van der Waals surface area contributed by atoms with E-state index in [4.69, 9.17) is 0 Å². The Bertz CT molecular complexity index is 205. The molecule has 0 saturated heterocycles. The highest BCUT2D eigenvalue weighted by Gasteiger charge is 2.23. The molecule has 2 heteroatoms. The molecule has 2 aliphatic rings. The van der Waals surface area contributed by atoms with Crippen molar-refractivity contribution in [2.45, 2.75) is 81.9 Å². The quantitative estimate of drug-likeness (QED) is 0.731. The van der Waals surface area contributed by atoms with Crippen LogP contribution in [0.15, 0.2) is 0 Å². The van der Waals surface area contributed by atoms with Crippen LogP contribution in [-0.4, -0.2) is 24.1 Å². The van der Waals surface area contributed by atoms with Gasteiger partial charge in [-0.1, -0.05) is 44.9 Å². The molecule has 1 nitrogen and oxygen atoms in total. The number of hydrogen-bond donors (Lipinski definition) is 1. The van der Waals surface area contributed by atoms with Gasteiger partial charge in [0.05, 0.1) is 0 Å². The molecule has 1 unspecified atom stereocenters. The zero-order valence-electron chi connectivity index (χ0n) is 12.1. The van der Waals surface area contributed by atoms with Gasteiger partial charge in [-0.2, -0.15) is 11.8 Å². The predicted octanol–water partition coefficient (Wildman–Crippen LogP) is 4.61. The van der Waals surface area contributed by atoms with E-state index in [9.17, 15) is 0 Å². The van der Waals surface area contributed by atoms with Crippen LogP contribution in [0.4, 0.5) is 0 Å². The lowest BCUT2D eigenvalue weighted by Crippen LogP contribution is -2.36. The summed E-state index contributed by atoms with van der Waals surface area (Å²) in [6, 6.07) is 0.773. The molecule has 0 aromatic rings. The molecule has 1 N–H and O–H groups in total. The van der Waals surface area contributed by atoms with Crippen molar-refractivity contribution in [3.63, 3.8) is 0 Å². The largest absolute Gasteiger partial charge is 0.316 e. The van der Waals surface area contributed by atoms with E-state index >= 15 is 0 Å². The minimum absolute atomic E-state index is 0.773. The molecule has 18 heavy (non-hydrogen) atoms. The fourth-order valence-electron chi connectivity index (χ4n) is 3.64. The monoisotopic (exact) mass is 269 g/mol. The summed E-state index contributed by atoms with van der Waals surface area (Å²) in [5.74, 6) is 2.31. The first-order chi connectivity index (χ1) is 8.90. The van der Waals surface area contributed by atoms with E-state index in [1.807, 2.05) is 0 Å². The van der Waals surface area contributed by atoms with Crippen molar-refractivity contribution in [3.05, 3.63) is 0 Å². The Morgan fingerprint density at radius 1 is 0.889 bits per heavy atom. The summed E-state index contributed by atoms with van der Waals surface area (Å²) in [6.45, 7) is 0. The molecule has 0 amide bonds. The molecule has 0 aromatic carbocycles. The van der Waals surface area contributed by atoms with Crippen LogP contribution in [0.5, 0.6) is 0 Å². The molecular weight excluding hydrogens is 238 g/mol. The summed E-state index contributed by atoms with van der Waals surface area (Å²) in [5, 5.41) is 4.59. The number of rotatable bonds is 5. The number of thioether (sulfide) groups is 1. The Balaban J connectivity index is 1.72. The lowest BCUT2D eigenvalue weighted by Gasteiger charge is -2.28. The molecule has 2 saturated carbocycles. The molecule has 0 spiro atoms. The van der Waals surface area contributed by atoms with Crippen LogP contribution < -0.4 is 5.32 Å². The molecule has 0 bridgehead atoms. The van der Waals surface area contributed by atoms with Gasteiger partial charge in [0.2, 0.25) is 0 Å². The third-order valence-corrected chi connectivity index (χ3v) is 6.40. The average molecular weight is 269 g/mol. The van der Waals surface area contributed by atoms with Crippen molar-refractivity contribution in [1.82, 2.24) is 5.32 Å². The third kappa shape index (κ3) is 4.77. The Morgan fingerprint density at radius 2 is 1.44 bits per heavy atom. The number of hydrogen-bond acceptors (Lipinski definition) is 2. The first kappa shape index (κ1) is 14.7. The molecule has 2 fully saturated rings. The average Bonchev–Trinajstić information content (AvgIpc) is 2.70. The molecule has 0 radical (unpaired) electrons. The van der Waals surface area contributed by atoms with Gasteiger partial charge >= 0.3 is 0 Å². The van der Waals surface area contributed by atoms with Gasteiger partial charge in [0.15, 0.2) is 0 Å². The fourth-order valence-corrected chi connectivity index (χ4v) is 5.22. The first-order valence-corrected chi connectivity index (χ1v) is 9.24. The van der Waals surface area contributed by atoms with Crippen LogP contribution in [0.3, 0.4) is 0 Å². The molecule has 1 atom stereocenters. The molecule has 0 aromatic heterocycles. The van der Waals surface area contributed by atoms with E-state index in [1.165, 1.54) is 76.4 Å². The predicted molar refractivity (Wildman–Crippen MR) is 83.4 cm³/mol. The second-order valence-electron chi connectivity index (χ2n) is 6.24. The van der Waals surface area contributed by atoms with Gasteiger partial charge in [0, 0.05) is 17.0 Å². The van der Waals surface area contributed by atoms with Crippen molar-refractivity contribution in [2.75, 3.05) is 12.8 Å². The highest BCUT2D eigenvalue weighted by molar-refractivity contribution is 7.99. The van der Waals surface area contributed by atoms with Crippen molar-refractivity contribution in [3.8, 4) is 0 Å². The zero-order chi connectivity index (χ0) is 12.6. The Hall–Kier alpha value is 0.310. The fraction of sp³-hybridized carbons (Fsp3) is 1.00. The minimum atomic E-state index is 0.773. The maximum Gasteiger partial charge on any atom is 0.0183 e. The van der Waals surface area contributed by atoms with Gasteiger partial charge in [-0.3, -0.25) is 0 Å². The van der Waals surface area contributed by atoms with E-state index in [0.717, 1.165) is 17.2 Å².